The third-order valence-corrected chi connectivity index (χ3v) is 1.39. The third-order valence-electron chi connectivity index (χ3n) is 1.39. The van der Waals surface area contributed by atoms with E-state index < -0.39 is 11.6 Å². The molecule has 0 unspecified atom stereocenters. The Labute approximate surface area is 71.7 Å². The van der Waals surface area contributed by atoms with Gasteiger partial charge in [-0.2, -0.15) is 0 Å². The van der Waals surface area contributed by atoms with E-state index in [1.54, 1.807) is 6.92 Å². The molecule has 0 aromatic rings. The normalized spacial score (nSPS) is 15.3. The maximum Gasteiger partial charge on any atom is 0.342 e. The van der Waals surface area contributed by atoms with Crippen LogP contribution in [0.25, 0.3) is 0 Å². The van der Waals surface area contributed by atoms with Crippen LogP contribution in [0.1, 0.15) is 13.8 Å². The number of nitrogens with two attached hydrogens (primary N) is 1. The zero-order chi connectivity index (χ0) is 9.61. The molecule has 0 amide bonds. The smallest absolute Gasteiger partial charge is 0.342 e. The van der Waals surface area contributed by atoms with Crippen molar-refractivity contribution < 1.29 is 19.1 Å². The Morgan fingerprint density at radius 3 is 2.50 bits per heavy atom. The van der Waals surface area contributed by atoms with Crippen molar-refractivity contribution in [1.29, 1.82) is 0 Å². The van der Waals surface area contributed by atoms with Crippen molar-refractivity contribution in [2.24, 2.45) is 5.90 Å². The van der Waals surface area contributed by atoms with E-state index in [-0.39, 0.29) is 6.61 Å². The Morgan fingerprint density at radius 1 is 1.58 bits per heavy atom. The highest BCUT2D eigenvalue weighted by atomic mass is 16.7. The second-order valence-electron chi connectivity index (χ2n) is 2.50. The molecule has 0 bridgehead atoms. The number of carbonyl (C=O) groups is 1. The Kier molecular flexibility index (Phi) is 4.80. The average Bonchev–Trinajstić information content (AvgIpc) is 2.05. The Hall–Kier alpha value is -0.650. The number of esters is 1. The topological polar surface area (TPSA) is 70.8 Å². The minimum Gasteiger partial charge on any atom is -0.464 e. The molecular formula is C7H15NO4. The fraction of sp³-hybridized carbons (Fsp3) is 0.857. The molecule has 0 saturated heterocycles. The van der Waals surface area contributed by atoms with Gasteiger partial charge in [0.2, 0.25) is 5.60 Å². The number of ether oxygens (including phenoxy) is 2. The van der Waals surface area contributed by atoms with Gasteiger partial charge in [-0.15, -0.1) is 0 Å². The lowest BCUT2D eigenvalue weighted by Gasteiger charge is -2.23. The SMILES string of the molecule is CCOC(=O)[C@](C)(COC)ON. The summed E-state index contributed by atoms with van der Waals surface area (Å²) in [5.41, 5.74) is -1.20. The number of hydrogen-bond donors (Lipinski definition) is 1. The van der Waals surface area contributed by atoms with Gasteiger partial charge < -0.3 is 9.47 Å². The van der Waals surface area contributed by atoms with Crippen LogP contribution in [0, 0.1) is 0 Å². The lowest BCUT2D eigenvalue weighted by molar-refractivity contribution is -0.177. The molecule has 0 aromatic heterocycles. The zero-order valence-electron chi connectivity index (χ0n) is 7.62. The maximum absolute atomic E-state index is 11.2. The molecule has 0 aromatic carbocycles. The summed E-state index contributed by atoms with van der Waals surface area (Å²) >= 11 is 0. The average molecular weight is 177 g/mol. The molecule has 0 aliphatic rings. The van der Waals surface area contributed by atoms with E-state index >= 15 is 0 Å². The van der Waals surface area contributed by atoms with Crippen molar-refractivity contribution in [2.75, 3.05) is 20.3 Å². The summed E-state index contributed by atoms with van der Waals surface area (Å²) in [6, 6.07) is 0. The number of methoxy groups -OCH3 is 1. The molecule has 72 valence electrons. The fourth-order valence-corrected chi connectivity index (χ4v) is 0.700. The zero-order valence-corrected chi connectivity index (χ0v) is 7.62. The molecule has 0 spiro atoms. The summed E-state index contributed by atoms with van der Waals surface area (Å²) in [7, 11) is 1.45. The first-order valence-electron chi connectivity index (χ1n) is 3.64. The summed E-state index contributed by atoms with van der Waals surface area (Å²) in [5.74, 6) is 4.42. The molecular weight excluding hydrogens is 162 g/mol. The van der Waals surface area contributed by atoms with E-state index in [4.69, 9.17) is 15.4 Å². The molecule has 0 saturated carbocycles. The first-order chi connectivity index (χ1) is 5.60. The van der Waals surface area contributed by atoms with E-state index in [9.17, 15) is 4.79 Å². The van der Waals surface area contributed by atoms with Crippen molar-refractivity contribution >= 4 is 5.97 Å². The van der Waals surface area contributed by atoms with Gasteiger partial charge in [-0.1, -0.05) is 0 Å². The van der Waals surface area contributed by atoms with E-state index in [1.165, 1.54) is 14.0 Å². The second-order valence-corrected chi connectivity index (χ2v) is 2.50. The van der Waals surface area contributed by atoms with Crippen LogP contribution in [0.5, 0.6) is 0 Å². The van der Waals surface area contributed by atoms with Crippen LogP contribution in [-0.4, -0.2) is 31.9 Å². The minimum atomic E-state index is -1.20. The van der Waals surface area contributed by atoms with Crippen LogP contribution in [0.3, 0.4) is 0 Å². The summed E-state index contributed by atoms with van der Waals surface area (Å²) < 4.78 is 9.49. The molecule has 0 rings (SSSR count). The Bertz CT molecular complexity index is 150. The minimum absolute atomic E-state index is 0.0718. The van der Waals surface area contributed by atoms with Crippen molar-refractivity contribution in [3.05, 3.63) is 0 Å². The predicted octanol–water partition coefficient (Wildman–Crippen LogP) is -0.155. The Morgan fingerprint density at radius 2 is 2.17 bits per heavy atom. The summed E-state index contributed by atoms with van der Waals surface area (Å²) in [4.78, 5) is 15.7. The van der Waals surface area contributed by atoms with Gasteiger partial charge in [0.05, 0.1) is 13.2 Å². The highest BCUT2D eigenvalue weighted by molar-refractivity contribution is 5.79. The van der Waals surface area contributed by atoms with Crippen LogP contribution in [-0.2, 0) is 19.1 Å². The molecule has 0 fully saturated rings. The van der Waals surface area contributed by atoms with Crippen molar-refractivity contribution in [3.63, 3.8) is 0 Å². The van der Waals surface area contributed by atoms with Crippen molar-refractivity contribution in [2.45, 2.75) is 19.4 Å². The number of carbonyl (C=O) groups excluding carboxylic acids is 1. The van der Waals surface area contributed by atoms with Crippen LogP contribution in [0.15, 0.2) is 0 Å². The summed E-state index contributed by atoms with van der Waals surface area (Å²) in [5, 5.41) is 0. The second kappa shape index (κ2) is 5.08. The van der Waals surface area contributed by atoms with E-state index in [2.05, 4.69) is 4.84 Å². The number of hydrogen-bond acceptors (Lipinski definition) is 5. The van der Waals surface area contributed by atoms with Gasteiger partial charge in [-0.05, 0) is 13.8 Å². The van der Waals surface area contributed by atoms with Gasteiger partial charge in [0, 0.05) is 7.11 Å². The Balaban J connectivity index is 4.18. The fourth-order valence-electron chi connectivity index (χ4n) is 0.700. The third kappa shape index (κ3) is 2.77. The first kappa shape index (κ1) is 11.4. The molecule has 1 atom stereocenters. The van der Waals surface area contributed by atoms with E-state index in [0.29, 0.717) is 6.61 Å². The largest absolute Gasteiger partial charge is 0.464 e. The molecule has 0 aliphatic carbocycles. The highest BCUT2D eigenvalue weighted by Gasteiger charge is 2.35. The van der Waals surface area contributed by atoms with Crippen LogP contribution >= 0.6 is 0 Å². The standard InChI is InChI=1S/C7H15NO4/c1-4-11-6(9)7(2,12-8)5-10-3/h4-5,8H2,1-3H3/t7-/m0/s1. The van der Waals surface area contributed by atoms with Crippen LogP contribution in [0.2, 0.25) is 0 Å². The van der Waals surface area contributed by atoms with Crippen molar-refractivity contribution in [1.82, 2.24) is 0 Å². The summed E-state index contributed by atoms with van der Waals surface area (Å²) in [6.45, 7) is 3.58. The summed E-state index contributed by atoms with van der Waals surface area (Å²) in [6.07, 6.45) is 0. The molecule has 0 aliphatic heterocycles. The molecule has 0 radical (unpaired) electrons. The van der Waals surface area contributed by atoms with Gasteiger partial charge in [-0.3, -0.25) is 4.84 Å². The molecule has 5 nitrogen and oxygen atoms in total. The van der Waals surface area contributed by atoms with Gasteiger partial charge >= 0.3 is 5.97 Å². The molecule has 0 heterocycles. The highest BCUT2D eigenvalue weighted by Crippen LogP contribution is 2.10. The van der Waals surface area contributed by atoms with Crippen LogP contribution < -0.4 is 5.90 Å². The van der Waals surface area contributed by atoms with Gasteiger partial charge in [-0.25, -0.2) is 10.7 Å². The number of rotatable bonds is 5. The maximum atomic E-state index is 11.2. The molecule has 5 heteroatoms. The predicted molar refractivity (Wildman–Crippen MR) is 42.2 cm³/mol. The lowest BCUT2D eigenvalue weighted by Crippen LogP contribution is -2.46. The first-order valence-corrected chi connectivity index (χ1v) is 3.64. The van der Waals surface area contributed by atoms with E-state index in [0.717, 1.165) is 0 Å². The molecule has 2 N–H and O–H groups in total. The molecule has 12 heavy (non-hydrogen) atoms. The van der Waals surface area contributed by atoms with Gasteiger partial charge in [0.15, 0.2) is 0 Å². The lowest BCUT2D eigenvalue weighted by atomic mass is 10.1. The monoisotopic (exact) mass is 177 g/mol. The van der Waals surface area contributed by atoms with Crippen molar-refractivity contribution in [3.8, 4) is 0 Å². The van der Waals surface area contributed by atoms with Gasteiger partial charge in [0.1, 0.15) is 0 Å². The quantitative estimate of drug-likeness (QED) is 0.467. The van der Waals surface area contributed by atoms with Crippen LogP contribution in [0.4, 0.5) is 0 Å². The van der Waals surface area contributed by atoms with Gasteiger partial charge in [0.25, 0.3) is 0 Å². The van der Waals surface area contributed by atoms with E-state index in [1.807, 2.05) is 0 Å².